The fourth-order valence-electron chi connectivity index (χ4n) is 0.762. The minimum atomic E-state index is -0.682. The van der Waals surface area contributed by atoms with Gasteiger partial charge in [0.25, 0.3) is 5.76 Å². The van der Waals surface area contributed by atoms with Crippen LogP contribution in [0.3, 0.4) is 0 Å². The van der Waals surface area contributed by atoms with E-state index in [0.717, 1.165) is 6.20 Å². The quantitative estimate of drug-likeness (QED) is 0.368. The van der Waals surface area contributed by atoms with Crippen LogP contribution in [0.15, 0.2) is 12.0 Å². The van der Waals surface area contributed by atoms with Gasteiger partial charge in [-0.3, -0.25) is 0 Å². The number of hydrogen-bond acceptors (Lipinski definition) is 4. The van der Waals surface area contributed by atoms with E-state index in [2.05, 4.69) is 4.74 Å². The second-order valence-electron chi connectivity index (χ2n) is 1.85. The molecule has 1 N–H and O–H groups in total. The Morgan fingerprint density at radius 1 is 1.45 bits per heavy atom. The highest BCUT2D eigenvalue weighted by Crippen LogP contribution is 1.99. The molecule has 1 heterocycles. The summed E-state index contributed by atoms with van der Waals surface area (Å²) in [6.45, 7) is 0. The Balaban J connectivity index is 2.92. The monoisotopic (exact) mass is 160 g/mol. The zero-order valence-corrected chi connectivity index (χ0v) is 6.16. The van der Waals surface area contributed by atoms with Crippen molar-refractivity contribution in [2.24, 2.45) is 0 Å². The van der Waals surface area contributed by atoms with Crippen LogP contribution < -0.4 is 5.17 Å². The topological polar surface area (TPSA) is 72.0 Å². The zero-order valence-electron chi connectivity index (χ0n) is 6.16. The molecular weight excluding hydrogens is 152 g/mol. The SMILES string of the molecule is COC1=C[NH+]([O-])[N+]([O-])=C1OC. The van der Waals surface area contributed by atoms with Gasteiger partial charge in [-0.1, -0.05) is 5.17 Å². The van der Waals surface area contributed by atoms with E-state index in [1.807, 2.05) is 0 Å². The van der Waals surface area contributed by atoms with Gasteiger partial charge in [0.1, 0.15) is 0 Å². The highest BCUT2D eigenvalue weighted by Gasteiger charge is 2.31. The molecule has 1 aliphatic rings. The van der Waals surface area contributed by atoms with Gasteiger partial charge in [0.15, 0.2) is 0 Å². The molecule has 0 spiro atoms. The molecule has 0 amide bonds. The van der Waals surface area contributed by atoms with Gasteiger partial charge in [0.2, 0.25) is 6.20 Å². The normalized spacial score (nSPS) is 23.5. The van der Waals surface area contributed by atoms with E-state index in [-0.39, 0.29) is 16.5 Å². The molecule has 0 saturated carbocycles. The van der Waals surface area contributed by atoms with Gasteiger partial charge in [-0.05, 0) is 0 Å². The van der Waals surface area contributed by atoms with Gasteiger partial charge in [0.05, 0.1) is 14.2 Å². The first kappa shape index (κ1) is 7.83. The Hall–Kier alpha value is -1.27. The molecule has 0 fully saturated rings. The van der Waals surface area contributed by atoms with Gasteiger partial charge < -0.3 is 19.9 Å². The Labute approximate surface area is 63.1 Å². The number of nitrogens with one attached hydrogen (secondary N) is 1. The highest BCUT2D eigenvalue weighted by molar-refractivity contribution is 5.87. The summed E-state index contributed by atoms with van der Waals surface area (Å²) in [6, 6.07) is 0. The van der Waals surface area contributed by atoms with Crippen LogP contribution in [0.2, 0.25) is 0 Å². The summed E-state index contributed by atoms with van der Waals surface area (Å²) < 4.78 is 9.31. The fraction of sp³-hybridized carbons (Fsp3) is 0.400. The lowest BCUT2D eigenvalue weighted by atomic mass is 10.5. The number of rotatable bonds is 1. The number of hydroxylamine groups is 1. The first-order valence-electron chi connectivity index (χ1n) is 2.89. The molecule has 6 heteroatoms. The van der Waals surface area contributed by atoms with Crippen molar-refractivity contribution in [1.29, 1.82) is 0 Å². The predicted octanol–water partition coefficient (Wildman–Crippen LogP) is -1.66. The van der Waals surface area contributed by atoms with E-state index < -0.39 is 5.17 Å². The third-order valence-electron chi connectivity index (χ3n) is 1.26. The Kier molecular flexibility index (Phi) is 1.97. The van der Waals surface area contributed by atoms with Crippen molar-refractivity contribution in [1.82, 2.24) is 0 Å². The summed E-state index contributed by atoms with van der Waals surface area (Å²) in [5, 5.41) is 20.8. The van der Waals surface area contributed by atoms with Crippen molar-refractivity contribution < 1.29 is 19.5 Å². The van der Waals surface area contributed by atoms with Crippen molar-refractivity contribution in [2.75, 3.05) is 14.2 Å². The molecule has 1 atom stereocenters. The van der Waals surface area contributed by atoms with Gasteiger partial charge in [-0.25, -0.2) is 0 Å². The standard InChI is InChI=1S/C5H8N2O4/c1-10-4-3-6(8)7(9)5(4)11-2/h3,6H,1-2H3. The molecule has 1 unspecified atom stereocenters. The van der Waals surface area contributed by atoms with Gasteiger partial charge in [-0.15, -0.1) is 0 Å². The van der Waals surface area contributed by atoms with Crippen LogP contribution in [0.4, 0.5) is 0 Å². The van der Waals surface area contributed by atoms with Crippen LogP contribution in [-0.2, 0) is 9.47 Å². The molecule has 0 saturated heterocycles. The molecule has 0 radical (unpaired) electrons. The Bertz CT molecular complexity index is 223. The molecule has 0 aliphatic carbocycles. The smallest absolute Gasteiger partial charge is 0.481 e. The second kappa shape index (κ2) is 2.77. The maximum absolute atomic E-state index is 10.8. The van der Waals surface area contributed by atoms with E-state index >= 15 is 0 Å². The average molecular weight is 160 g/mol. The lowest BCUT2D eigenvalue weighted by molar-refractivity contribution is -1.25. The number of hydrogen-bond donors (Lipinski definition) is 1. The Morgan fingerprint density at radius 2 is 2.09 bits per heavy atom. The van der Waals surface area contributed by atoms with Crippen molar-refractivity contribution in [3.05, 3.63) is 22.4 Å². The average Bonchev–Trinajstić information content (AvgIpc) is 2.28. The third-order valence-corrected chi connectivity index (χ3v) is 1.26. The van der Waals surface area contributed by atoms with Gasteiger partial charge in [0, 0.05) is 4.85 Å². The summed E-state index contributed by atoms with van der Waals surface area (Å²) in [5.41, 5.74) is 0. The van der Waals surface area contributed by atoms with Crippen molar-refractivity contribution in [3.8, 4) is 0 Å². The van der Waals surface area contributed by atoms with Crippen LogP contribution in [0.25, 0.3) is 0 Å². The molecule has 0 bridgehead atoms. The third kappa shape index (κ3) is 1.13. The summed E-state index contributed by atoms with van der Waals surface area (Å²) in [5.74, 6) is 0.0602. The van der Waals surface area contributed by atoms with E-state index in [9.17, 15) is 10.4 Å². The van der Waals surface area contributed by atoms with Crippen molar-refractivity contribution in [3.63, 3.8) is 0 Å². The zero-order chi connectivity index (χ0) is 8.43. The number of methoxy groups -OCH3 is 2. The summed E-state index contributed by atoms with van der Waals surface area (Å²) >= 11 is 0. The van der Waals surface area contributed by atoms with Crippen molar-refractivity contribution >= 4 is 5.90 Å². The maximum atomic E-state index is 10.8. The number of nitrogens with zero attached hydrogens (tertiary/aromatic N) is 1. The van der Waals surface area contributed by atoms with Crippen LogP contribution in [0, 0.1) is 10.4 Å². The summed E-state index contributed by atoms with van der Waals surface area (Å²) in [7, 11) is 2.66. The van der Waals surface area contributed by atoms with Gasteiger partial charge >= 0.3 is 5.90 Å². The summed E-state index contributed by atoms with van der Waals surface area (Å²) in [6.07, 6.45) is 1.08. The molecule has 1 rings (SSSR count). The van der Waals surface area contributed by atoms with E-state index in [1.54, 1.807) is 0 Å². The molecule has 6 nitrogen and oxygen atoms in total. The predicted molar refractivity (Wildman–Crippen MR) is 35.1 cm³/mol. The molecule has 1 aliphatic heterocycles. The minimum absolute atomic E-state index is 0.0995. The van der Waals surface area contributed by atoms with Crippen LogP contribution in [0.1, 0.15) is 0 Å². The van der Waals surface area contributed by atoms with E-state index in [4.69, 9.17) is 4.74 Å². The Morgan fingerprint density at radius 3 is 2.45 bits per heavy atom. The lowest BCUT2D eigenvalue weighted by Crippen LogP contribution is -3.05. The molecule has 11 heavy (non-hydrogen) atoms. The fourth-order valence-corrected chi connectivity index (χ4v) is 0.762. The second-order valence-corrected chi connectivity index (χ2v) is 1.85. The van der Waals surface area contributed by atoms with E-state index in [1.165, 1.54) is 14.2 Å². The first-order chi connectivity index (χ1) is 5.20. The first-order valence-corrected chi connectivity index (χ1v) is 2.89. The number of quaternary nitrogens is 1. The van der Waals surface area contributed by atoms with Crippen LogP contribution in [-0.4, -0.2) is 25.0 Å². The minimum Gasteiger partial charge on any atom is -0.569 e. The van der Waals surface area contributed by atoms with Crippen molar-refractivity contribution in [2.45, 2.75) is 0 Å². The molecule has 0 aromatic carbocycles. The van der Waals surface area contributed by atoms with Gasteiger partial charge in [-0.2, -0.15) is 0 Å². The number of ether oxygens (including phenoxy) is 2. The highest BCUT2D eigenvalue weighted by atomic mass is 16.7. The van der Waals surface area contributed by atoms with Crippen LogP contribution in [0.5, 0.6) is 0 Å². The summed E-state index contributed by atoms with van der Waals surface area (Å²) in [4.78, 5) is 0.138. The lowest BCUT2D eigenvalue weighted by Gasteiger charge is -2.07. The molecule has 0 aromatic heterocycles. The molecular formula is C5H8N2O4. The van der Waals surface area contributed by atoms with E-state index in [0.29, 0.717) is 0 Å². The molecule has 0 aromatic rings. The largest absolute Gasteiger partial charge is 0.569 e. The molecule has 62 valence electrons. The maximum Gasteiger partial charge on any atom is 0.481 e. The van der Waals surface area contributed by atoms with Crippen LogP contribution >= 0.6 is 0 Å².